The van der Waals surface area contributed by atoms with Crippen molar-refractivity contribution in [1.29, 1.82) is 0 Å². The van der Waals surface area contributed by atoms with Crippen molar-refractivity contribution in [3.05, 3.63) is 53.6 Å². The van der Waals surface area contributed by atoms with Gasteiger partial charge in [-0.2, -0.15) is 0 Å². The van der Waals surface area contributed by atoms with Crippen molar-refractivity contribution in [2.75, 3.05) is 13.7 Å². The standard InChI is InChI=1S/C23H29NO4/c1-3-27-20-14-13-17(23(25)24-19-9-5-4-6-10-19)15-18(20)16-28-22-12-8-7-11-21(22)26-2/h7-8,11-15,19H,3-6,9-10,16H2,1-2H3,(H,24,25). The van der Waals surface area contributed by atoms with Gasteiger partial charge in [-0.15, -0.1) is 0 Å². The Kier molecular flexibility index (Phi) is 7.18. The van der Waals surface area contributed by atoms with Crippen LogP contribution in [0.5, 0.6) is 17.2 Å². The van der Waals surface area contributed by atoms with Gasteiger partial charge < -0.3 is 19.5 Å². The topological polar surface area (TPSA) is 56.8 Å². The molecule has 1 aliphatic carbocycles. The van der Waals surface area contributed by atoms with Gasteiger partial charge >= 0.3 is 0 Å². The van der Waals surface area contributed by atoms with Gasteiger partial charge in [0.2, 0.25) is 0 Å². The average molecular weight is 383 g/mol. The summed E-state index contributed by atoms with van der Waals surface area (Å²) in [5.74, 6) is 2.02. The Labute approximate surface area is 167 Å². The van der Waals surface area contributed by atoms with Crippen LogP contribution in [0.25, 0.3) is 0 Å². The maximum Gasteiger partial charge on any atom is 0.251 e. The van der Waals surface area contributed by atoms with Crippen LogP contribution in [0.2, 0.25) is 0 Å². The molecular formula is C23H29NO4. The van der Waals surface area contributed by atoms with Crippen molar-refractivity contribution < 1.29 is 19.0 Å². The van der Waals surface area contributed by atoms with Gasteiger partial charge in [0.25, 0.3) is 5.91 Å². The first kappa shape index (κ1) is 20.1. The van der Waals surface area contributed by atoms with E-state index in [1.807, 2.05) is 49.4 Å². The van der Waals surface area contributed by atoms with Crippen molar-refractivity contribution in [2.45, 2.75) is 51.7 Å². The fraction of sp³-hybridized carbons (Fsp3) is 0.435. The van der Waals surface area contributed by atoms with E-state index in [0.29, 0.717) is 30.3 Å². The molecule has 3 rings (SSSR count). The van der Waals surface area contributed by atoms with Crippen LogP contribution in [0.1, 0.15) is 54.9 Å². The summed E-state index contributed by atoms with van der Waals surface area (Å²) in [4.78, 5) is 12.7. The lowest BCUT2D eigenvalue weighted by Crippen LogP contribution is -2.36. The molecule has 0 spiro atoms. The van der Waals surface area contributed by atoms with Gasteiger partial charge in [0, 0.05) is 17.2 Å². The van der Waals surface area contributed by atoms with E-state index >= 15 is 0 Å². The SMILES string of the molecule is CCOc1ccc(C(=O)NC2CCCCC2)cc1COc1ccccc1OC. The maximum absolute atomic E-state index is 12.7. The lowest BCUT2D eigenvalue weighted by molar-refractivity contribution is 0.0927. The third-order valence-corrected chi connectivity index (χ3v) is 5.02. The summed E-state index contributed by atoms with van der Waals surface area (Å²) in [5, 5.41) is 3.17. The Bertz CT molecular complexity index is 784. The average Bonchev–Trinajstić information content (AvgIpc) is 2.74. The number of amides is 1. The van der Waals surface area contributed by atoms with Crippen LogP contribution in [0.4, 0.5) is 0 Å². The van der Waals surface area contributed by atoms with Gasteiger partial charge in [0.1, 0.15) is 12.4 Å². The number of benzene rings is 2. The summed E-state index contributed by atoms with van der Waals surface area (Å²) in [6.07, 6.45) is 5.76. The van der Waals surface area contributed by atoms with Crippen molar-refractivity contribution >= 4 is 5.91 Å². The predicted molar refractivity (Wildman–Crippen MR) is 109 cm³/mol. The molecule has 2 aromatic rings. The lowest BCUT2D eigenvalue weighted by Gasteiger charge is -2.23. The minimum Gasteiger partial charge on any atom is -0.493 e. The minimum absolute atomic E-state index is 0.0338. The van der Waals surface area contributed by atoms with Crippen LogP contribution in [-0.4, -0.2) is 25.7 Å². The molecular weight excluding hydrogens is 354 g/mol. The van der Waals surface area contributed by atoms with Crippen LogP contribution in [-0.2, 0) is 6.61 Å². The molecule has 5 nitrogen and oxygen atoms in total. The summed E-state index contributed by atoms with van der Waals surface area (Å²) in [6, 6.07) is 13.3. The van der Waals surface area contributed by atoms with Crippen LogP contribution in [0.3, 0.4) is 0 Å². The van der Waals surface area contributed by atoms with Gasteiger partial charge in [-0.05, 0) is 50.1 Å². The van der Waals surface area contributed by atoms with Crippen molar-refractivity contribution in [2.24, 2.45) is 0 Å². The largest absolute Gasteiger partial charge is 0.493 e. The number of nitrogens with one attached hydrogen (secondary N) is 1. The molecule has 1 saturated carbocycles. The number of hydrogen-bond acceptors (Lipinski definition) is 4. The Balaban J connectivity index is 1.74. The summed E-state index contributed by atoms with van der Waals surface area (Å²) < 4.78 is 17.0. The molecule has 1 amide bonds. The summed E-state index contributed by atoms with van der Waals surface area (Å²) in [6.45, 7) is 2.78. The van der Waals surface area contributed by atoms with Crippen LogP contribution in [0.15, 0.2) is 42.5 Å². The van der Waals surface area contributed by atoms with Crippen molar-refractivity contribution in [3.8, 4) is 17.2 Å². The quantitative estimate of drug-likeness (QED) is 0.716. The molecule has 0 heterocycles. The van der Waals surface area contributed by atoms with Gasteiger partial charge in [-0.1, -0.05) is 31.4 Å². The Hall–Kier alpha value is -2.69. The second kappa shape index (κ2) is 10.0. The maximum atomic E-state index is 12.7. The second-order valence-electron chi connectivity index (χ2n) is 7.00. The first-order valence-corrected chi connectivity index (χ1v) is 10.0. The fourth-order valence-corrected chi connectivity index (χ4v) is 3.54. The van der Waals surface area contributed by atoms with E-state index in [4.69, 9.17) is 14.2 Å². The molecule has 1 fully saturated rings. The third-order valence-electron chi connectivity index (χ3n) is 5.02. The van der Waals surface area contributed by atoms with Crippen molar-refractivity contribution in [1.82, 2.24) is 5.32 Å². The highest BCUT2D eigenvalue weighted by molar-refractivity contribution is 5.94. The zero-order valence-electron chi connectivity index (χ0n) is 16.7. The lowest BCUT2D eigenvalue weighted by atomic mass is 9.95. The molecule has 28 heavy (non-hydrogen) atoms. The van der Waals surface area contributed by atoms with E-state index < -0.39 is 0 Å². The second-order valence-corrected chi connectivity index (χ2v) is 7.00. The molecule has 150 valence electrons. The third kappa shape index (κ3) is 5.18. The number of carbonyl (C=O) groups excluding carboxylic acids is 1. The summed E-state index contributed by atoms with van der Waals surface area (Å²) in [5.41, 5.74) is 1.47. The number of rotatable bonds is 8. The molecule has 2 aromatic carbocycles. The number of carbonyl (C=O) groups is 1. The van der Waals surface area contributed by atoms with Gasteiger partial charge in [-0.3, -0.25) is 4.79 Å². The monoisotopic (exact) mass is 383 g/mol. The molecule has 1 aliphatic rings. The Morgan fingerprint density at radius 2 is 1.75 bits per heavy atom. The highest BCUT2D eigenvalue weighted by atomic mass is 16.5. The van der Waals surface area contributed by atoms with Crippen LogP contribution >= 0.6 is 0 Å². The van der Waals surface area contributed by atoms with E-state index in [1.165, 1.54) is 19.3 Å². The summed E-state index contributed by atoms with van der Waals surface area (Å²) in [7, 11) is 1.62. The molecule has 0 radical (unpaired) electrons. The highest BCUT2D eigenvalue weighted by Crippen LogP contribution is 2.29. The molecule has 1 N–H and O–H groups in total. The van der Waals surface area contributed by atoms with Crippen molar-refractivity contribution in [3.63, 3.8) is 0 Å². The first-order valence-electron chi connectivity index (χ1n) is 10.0. The Morgan fingerprint density at radius 1 is 1.00 bits per heavy atom. The fourth-order valence-electron chi connectivity index (χ4n) is 3.54. The molecule has 0 unspecified atom stereocenters. The highest BCUT2D eigenvalue weighted by Gasteiger charge is 2.18. The molecule has 5 heteroatoms. The Morgan fingerprint density at radius 3 is 2.46 bits per heavy atom. The first-order chi connectivity index (χ1) is 13.7. The van der Waals surface area contributed by atoms with Crippen LogP contribution < -0.4 is 19.5 Å². The number of hydrogen-bond donors (Lipinski definition) is 1. The van der Waals surface area contributed by atoms with Gasteiger partial charge in [0.15, 0.2) is 11.5 Å². The van der Waals surface area contributed by atoms with E-state index in [1.54, 1.807) is 7.11 Å². The van der Waals surface area contributed by atoms with E-state index in [-0.39, 0.29) is 11.9 Å². The molecule has 0 saturated heterocycles. The van der Waals surface area contributed by atoms with E-state index in [2.05, 4.69) is 5.32 Å². The van der Waals surface area contributed by atoms with Gasteiger partial charge in [0.05, 0.1) is 13.7 Å². The van der Waals surface area contributed by atoms with E-state index in [9.17, 15) is 4.79 Å². The number of methoxy groups -OCH3 is 1. The molecule has 0 atom stereocenters. The minimum atomic E-state index is -0.0338. The zero-order chi connectivity index (χ0) is 19.8. The number of ether oxygens (including phenoxy) is 3. The van der Waals surface area contributed by atoms with E-state index in [0.717, 1.165) is 24.2 Å². The molecule has 0 aromatic heterocycles. The summed E-state index contributed by atoms with van der Waals surface area (Å²) >= 11 is 0. The normalized spacial score (nSPS) is 14.4. The van der Waals surface area contributed by atoms with Gasteiger partial charge in [-0.25, -0.2) is 0 Å². The number of para-hydroxylation sites is 2. The van der Waals surface area contributed by atoms with Crippen LogP contribution in [0, 0.1) is 0 Å². The predicted octanol–water partition coefficient (Wildman–Crippen LogP) is 4.74. The molecule has 0 bridgehead atoms. The molecule has 0 aliphatic heterocycles. The zero-order valence-corrected chi connectivity index (χ0v) is 16.7. The smallest absolute Gasteiger partial charge is 0.251 e.